The van der Waals surface area contributed by atoms with Crippen LogP contribution in [0.15, 0.2) is 48.5 Å². The third-order valence-electron chi connectivity index (χ3n) is 5.22. The number of nitrogens with one attached hydrogen (secondary N) is 1. The largest absolute Gasteiger partial charge is 0.485 e. The Hall–Kier alpha value is -2.53. The standard InChI is InChI=1S/C22H26N2O3/c25-22(21-16-26-19-10-4-5-11-20(19)27-21)23-14-17-8-2-3-9-18(17)15-24-12-6-1-7-13-24/h2-5,8-11,21H,1,6-7,12-16H2,(H,23,25)/t21-/m0/s1. The molecule has 5 nitrogen and oxygen atoms in total. The van der Waals surface area contributed by atoms with Crippen LogP contribution in [-0.4, -0.2) is 36.6 Å². The molecule has 2 heterocycles. The molecule has 1 N–H and O–H groups in total. The molecule has 4 rings (SSSR count). The van der Waals surface area contributed by atoms with Gasteiger partial charge >= 0.3 is 0 Å². The molecule has 2 aliphatic heterocycles. The van der Waals surface area contributed by atoms with Crippen LogP contribution in [0.5, 0.6) is 11.5 Å². The van der Waals surface area contributed by atoms with Crippen LogP contribution in [0.2, 0.25) is 0 Å². The van der Waals surface area contributed by atoms with Gasteiger partial charge in [0.25, 0.3) is 5.91 Å². The molecule has 0 aromatic heterocycles. The van der Waals surface area contributed by atoms with Gasteiger partial charge in [-0.3, -0.25) is 9.69 Å². The highest BCUT2D eigenvalue weighted by Crippen LogP contribution is 2.30. The van der Waals surface area contributed by atoms with Gasteiger partial charge in [-0.2, -0.15) is 0 Å². The summed E-state index contributed by atoms with van der Waals surface area (Å²) < 4.78 is 11.4. The molecule has 0 spiro atoms. The van der Waals surface area contributed by atoms with E-state index in [-0.39, 0.29) is 12.5 Å². The van der Waals surface area contributed by atoms with Crippen LogP contribution < -0.4 is 14.8 Å². The highest BCUT2D eigenvalue weighted by Gasteiger charge is 2.27. The highest BCUT2D eigenvalue weighted by molar-refractivity contribution is 5.81. The van der Waals surface area contributed by atoms with Crippen molar-refractivity contribution in [2.24, 2.45) is 0 Å². The molecule has 142 valence electrons. The van der Waals surface area contributed by atoms with Crippen LogP contribution in [0.4, 0.5) is 0 Å². The molecular weight excluding hydrogens is 340 g/mol. The van der Waals surface area contributed by atoms with Crippen LogP contribution in [-0.2, 0) is 17.9 Å². The first kappa shape index (κ1) is 17.9. The lowest BCUT2D eigenvalue weighted by molar-refractivity contribution is -0.130. The topological polar surface area (TPSA) is 50.8 Å². The second kappa shape index (κ2) is 8.44. The van der Waals surface area contributed by atoms with Crippen molar-refractivity contribution in [3.05, 3.63) is 59.7 Å². The summed E-state index contributed by atoms with van der Waals surface area (Å²) in [6, 6.07) is 15.8. The predicted molar refractivity (Wildman–Crippen MR) is 104 cm³/mol. The van der Waals surface area contributed by atoms with Crippen molar-refractivity contribution < 1.29 is 14.3 Å². The van der Waals surface area contributed by atoms with Gasteiger partial charge in [-0.1, -0.05) is 42.8 Å². The third-order valence-corrected chi connectivity index (χ3v) is 5.22. The number of fused-ring (bicyclic) bond motifs is 1. The summed E-state index contributed by atoms with van der Waals surface area (Å²) in [6.07, 6.45) is 3.27. The van der Waals surface area contributed by atoms with Crippen molar-refractivity contribution in [3.63, 3.8) is 0 Å². The van der Waals surface area contributed by atoms with Gasteiger partial charge in [0.1, 0.15) is 6.61 Å². The van der Waals surface area contributed by atoms with Gasteiger partial charge in [0, 0.05) is 13.1 Å². The molecule has 0 unspecified atom stereocenters. The Bertz CT molecular complexity index is 787. The van der Waals surface area contributed by atoms with Crippen molar-refractivity contribution in [3.8, 4) is 11.5 Å². The second-order valence-corrected chi connectivity index (χ2v) is 7.19. The molecule has 1 amide bonds. The molecule has 1 atom stereocenters. The first-order valence-corrected chi connectivity index (χ1v) is 9.75. The van der Waals surface area contributed by atoms with E-state index in [0.29, 0.717) is 18.0 Å². The zero-order valence-electron chi connectivity index (χ0n) is 15.5. The summed E-state index contributed by atoms with van der Waals surface area (Å²) in [5, 5.41) is 3.01. The minimum Gasteiger partial charge on any atom is -0.485 e. The molecule has 0 bridgehead atoms. The van der Waals surface area contributed by atoms with Crippen molar-refractivity contribution in [2.75, 3.05) is 19.7 Å². The van der Waals surface area contributed by atoms with Gasteiger partial charge in [-0.25, -0.2) is 0 Å². The monoisotopic (exact) mass is 366 g/mol. The Morgan fingerprint density at radius 2 is 1.67 bits per heavy atom. The number of benzene rings is 2. The minimum atomic E-state index is -0.617. The lowest BCUT2D eigenvalue weighted by Crippen LogP contribution is -2.43. The smallest absolute Gasteiger partial charge is 0.264 e. The van der Waals surface area contributed by atoms with E-state index in [4.69, 9.17) is 9.47 Å². The van der Waals surface area contributed by atoms with Crippen LogP contribution in [0.3, 0.4) is 0 Å². The molecule has 1 saturated heterocycles. The number of carbonyl (C=O) groups excluding carboxylic acids is 1. The molecule has 0 aliphatic carbocycles. The molecule has 27 heavy (non-hydrogen) atoms. The first-order chi connectivity index (χ1) is 13.3. The summed E-state index contributed by atoms with van der Waals surface area (Å²) in [4.78, 5) is 15.1. The SMILES string of the molecule is O=C(NCc1ccccc1CN1CCCCC1)[C@@H]1COc2ccccc2O1. The number of rotatable bonds is 5. The third kappa shape index (κ3) is 4.42. The summed E-state index contributed by atoms with van der Waals surface area (Å²) in [6.45, 7) is 4.01. The van der Waals surface area contributed by atoms with Gasteiger partial charge in [0.15, 0.2) is 11.5 Å². The lowest BCUT2D eigenvalue weighted by atomic mass is 10.0. The molecule has 5 heteroatoms. The van der Waals surface area contributed by atoms with Crippen LogP contribution in [0, 0.1) is 0 Å². The fourth-order valence-electron chi connectivity index (χ4n) is 3.69. The van der Waals surface area contributed by atoms with Crippen molar-refractivity contribution >= 4 is 5.91 Å². The number of para-hydroxylation sites is 2. The Labute approximate surface area is 160 Å². The van der Waals surface area contributed by atoms with Crippen LogP contribution in [0.25, 0.3) is 0 Å². The summed E-state index contributed by atoms with van der Waals surface area (Å²) in [7, 11) is 0. The number of carbonyl (C=O) groups is 1. The summed E-state index contributed by atoms with van der Waals surface area (Å²) in [5.41, 5.74) is 2.44. The van der Waals surface area contributed by atoms with E-state index in [2.05, 4.69) is 28.4 Å². The first-order valence-electron chi connectivity index (χ1n) is 9.75. The van der Waals surface area contributed by atoms with E-state index in [1.807, 2.05) is 30.3 Å². The van der Waals surface area contributed by atoms with Crippen LogP contribution in [0.1, 0.15) is 30.4 Å². The van der Waals surface area contributed by atoms with Crippen LogP contribution >= 0.6 is 0 Å². The Balaban J connectivity index is 1.35. The number of piperidine rings is 1. The highest BCUT2D eigenvalue weighted by atomic mass is 16.6. The fraction of sp³-hybridized carbons (Fsp3) is 0.409. The van der Waals surface area contributed by atoms with E-state index in [9.17, 15) is 4.79 Å². The fourth-order valence-corrected chi connectivity index (χ4v) is 3.69. The zero-order valence-corrected chi connectivity index (χ0v) is 15.5. The number of nitrogens with zero attached hydrogens (tertiary/aromatic N) is 1. The van der Waals surface area contributed by atoms with Gasteiger partial charge in [-0.15, -0.1) is 0 Å². The average molecular weight is 366 g/mol. The van der Waals surface area contributed by atoms with E-state index in [1.165, 1.54) is 24.8 Å². The van der Waals surface area contributed by atoms with Crippen molar-refractivity contribution in [2.45, 2.75) is 38.5 Å². The number of hydrogen-bond acceptors (Lipinski definition) is 4. The molecular formula is C22H26N2O3. The molecule has 2 aromatic carbocycles. The normalized spacial score (nSPS) is 19.5. The molecule has 2 aromatic rings. The summed E-state index contributed by atoms with van der Waals surface area (Å²) >= 11 is 0. The number of ether oxygens (including phenoxy) is 2. The number of amides is 1. The van der Waals surface area contributed by atoms with E-state index in [1.54, 1.807) is 0 Å². The molecule has 2 aliphatic rings. The van der Waals surface area contributed by atoms with Gasteiger partial charge in [-0.05, 0) is 49.2 Å². The summed E-state index contributed by atoms with van der Waals surface area (Å²) in [5.74, 6) is 1.17. The maximum atomic E-state index is 12.6. The number of likely N-dealkylation sites (tertiary alicyclic amines) is 1. The second-order valence-electron chi connectivity index (χ2n) is 7.19. The molecule has 0 saturated carbocycles. The van der Waals surface area contributed by atoms with Crippen molar-refractivity contribution in [1.82, 2.24) is 10.2 Å². The van der Waals surface area contributed by atoms with Gasteiger partial charge in [0.2, 0.25) is 6.10 Å². The Morgan fingerprint density at radius 3 is 2.48 bits per heavy atom. The predicted octanol–water partition coefficient (Wildman–Crippen LogP) is 3.13. The maximum Gasteiger partial charge on any atom is 0.264 e. The lowest BCUT2D eigenvalue weighted by Gasteiger charge is -2.28. The van der Waals surface area contributed by atoms with Gasteiger partial charge in [0.05, 0.1) is 0 Å². The maximum absolute atomic E-state index is 12.6. The van der Waals surface area contributed by atoms with Crippen molar-refractivity contribution in [1.29, 1.82) is 0 Å². The van der Waals surface area contributed by atoms with E-state index in [0.717, 1.165) is 25.2 Å². The minimum absolute atomic E-state index is 0.141. The quantitative estimate of drug-likeness (QED) is 0.883. The zero-order chi connectivity index (χ0) is 18.5. The average Bonchev–Trinajstić information content (AvgIpc) is 2.73. The Morgan fingerprint density at radius 1 is 0.963 bits per heavy atom. The Kier molecular flexibility index (Phi) is 5.58. The molecule has 0 radical (unpaired) electrons. The van der Waals surface area contributed by atoms with E-state index >= 15 is 0 Å². The van der Waals surface area contributed by atoms with Gasteiger partial charge < -0.3 is 14.8 Å². The van der Waals surface area contributed by atoms with E-state index < -0.39 is 6.10 Å². The molecule has 1 fully saturated rings. The number of hydrogen-bond donors (Lipinski definition) is 1.